The summed E-state index contributed by atoms with van der Waals surface area (Å²) in [6.45, 7) is 3.26. The molecule has 3 rings (SSSR count). The van der Waals surface area contributed by atoms with Crippen molar-refractivity contribution in [1.82, 2.24) is 10.0 Å². The van der Waals surface area contributed by atoms with Gasteiger partial charge in [0.2, 0.25) is 10.0 Å². The third-order valence-corrected chi connectivity index (χ3v) is 8.18. The van der Waals surface area contributed by atoms with Gasteiger partial charge in [-0.3, -0.25) is 9.59 Å². The van der Waals surface area contributed by atoms with E-state index < -0.39 is 56.3 Å². The average molecular weight is 491 g/mol. The van der Waals surface area contributed by atoms with Gasteiger partial charge in [0.15, 0.2) is 27.9 Å². The number of rotatable bonds is 8. The number of amides is 1. The van der Waals surface area contributed by atoms with E-state index in [9.17, 15) is 26.4 Å². The van der Waals surface area contributed by atoms with Gasteiger partial charge in [0.25, 0.3) is 5.91 Å². The van der Waals surface area contributed by atoms with Crippen molar-refractivity contribution < 1.29 is 40.6 Å². The number of hydrogen-bond acceptors (Lipinski definition) is 9. The summed E-state index contributed by atoms with van der Waals surface area (Å²) in [7, 11) is -7.27. The van der Waals surface area contributed by atoms with E-state index >= 15 is 0 Å². The molecule has 1 saturated heterocycles. The lowest BCUT2D eigenvalue weighted by Gasteiger charge is -2.22. The summed E-state index contributed by atoms with van der Waals surface area (Å²) in [6.07, 6.45) is 0.298. The lowest BCUT2D eigenvalue weighted by molar-refractivity contribution is -0.151. The fourth-order valence-corrected chi connectivity index (χ4v) is 6.31. The van der Waals surface area contributed by atoms with Gasteiger partial charge in [0.05, 0.1) is 16.4 Å². The third-order valence-electron chi connectivity index (χ3n) is 4.97. The van der Waals surface area contributed by atoms with Crippen LogP contribution in [-0.2, 0) is 34.2 Å². The van der Waals surface area contributed by atoms with Crippen molar-refractivity contribution >= 4 is 31.7 Å². The van der Waals surface area contributed by atoms with Crippen LogP contribution in [0.3, 0.4) is 0 Å². The van der Waals surface area contributed by atoms with Crippen LogP contribution in [0, 0.1) is 5.92 Å². The van der Waals surface area contributed by atoms with Crippen LogP contribution in [0.5, 0.6) is 11.5 Å². The minimum Gasteiger partial charge on any atom is -0.486 e. The summed E-state index contributed by atoms with van der Waals surface area (Å²) < 4.78 is 66.6. The molecule has 2 heterocycles. The number of carbonyl (C=O) groups excluding carboxylic acids is 2. The highest BCUT2D eigenvalue weighted by molar-refractivity contribution is 7.91. The summed E-state index contributed by atoms with van der Waals surface area (Å²) in [5.74, 6) is -1.50. The first kappa shape index (κ1) is 24.3. The predicted molar refractivity (Wildman–Crippen MR) is 113 cm³/mol. The summed E-state index contributed by atoms with van der Waals surface area (Å²) in [5.41, 5.74) is 0. The minimum atomic E-state index is -4.11. The smallest absolute Gasteiger partial charge is 0.324 e. The predicted octanol–water partition coefficient (Wildman–Crippen LogP) is -0.393. The van der Waals surface area contributed by atoms with Gasteiger partial charge in [-0.15, -0.1) is 0 Å². The minimum absolute atomic E-state index is 0.00516. The Kier molecular flexibility index (Phi) is 7.30. The number of nitrogens with one attached hydrogen (secondary N) is 2. The van der Waals surface area contributed by atoms with Gasteiger partial charge < -0.3 is 19.5 Å². The summed E-state index contributed by atoms with van der Waals surface area (Å²) in [6, 6.07) is 2.34. The number of sulfonamides is 1. The third kappa shape index (κ3) is 6.11. The van der Waals surface area contributed by atoms with E-state index in [0.29, 0.717) is 25.4 Å². The van der Waals surface area contributed by atoms with Crippen molar-refractivity contribution in [3.8, 4) is 11.5 Å². The molecule has 0 aromatic heterocycles. The Labute approximate surface area is 186 Å². The maximum atomic E-state index is 12.8. The molecular formula is C19H26N2O9S2. The Morgan fingerprint density at radius 1 is 1.19 bits per heavy atom. The lowest BCUT2D eigenvalue weighted by Crippen LogP contribution is -2.46. The highest BCUT2D eigenvalue weighted by atomic mass is 32.2. The van der Waals surface area contributed by atoms with Crippen molar-refractivity contribution in [2.24, 2.45) is 5.92 Å². The quantitative estimate of drug-likeness (QED) is 0.464. The molecule has 32 heavy (non-hydrogen) atoms. The Hall–Kier alpha value is -2.38. The van der Waals surface area contributed by atoms with E-state index in [1.807, 2.05) is 0 Å². The van der Waals surface area contributed by atoms with Gasteiger partial charge >= 0.3 is 5.97 Å². The molecule has 0 saturated carbocycles. The molecule has 2 unspecified atom stereocenters. The van der Waals surface area contributed by atoms with Gasteiger partial charge in [-0.2, -0.15) is 4.72 Å². The molecule has 2 aliphatic rings. The Morgan fingerprint density at radius 2 is 1.88 bits per heavy atom. The van der Waals surface area contributed by atoms with Gasteiger partial charge in [-0.05, 0) is 24.5 Å². The highest BCUT2D eigenvalue weighted by Crippen LogP contribution is 2.32. The zero-order valence-corrected chi connectivity index (χ0v) is 19.3. The molecule has 1 amide bonds. The number of carbonyl (C=O) groups is 2. The zero-order chi connectivity index (χ0) is 23.5. The van der Waals surface area contributed by atoms with Crippen LogP contribution < -0.4 is 19.5 Å². The molecule has 0 aliphatic carbocycles. The molecule has 2 N–H and O–H groups in total. The van der Waals surface area contributed by atoms with Crippen LogP contribution in [-0.4, -0.2) is 72.1 Å². The number of fused-ring (bicyclic) bond motifs is 1. The molecule has 1 aromatic rings. The van der Waals surface area contributed by atoms with Crippen LogP contribution in [0.2, 0.25) is 0 Å². The van der Waals surface area contributed by atoms with Gasteiger partial charge in [-0.1, -0.05) is 13.8 Å². The molecule has 0 spiro atoms. The normalized spacial score (nSPS) is 20.5. The first-order valence-electron chi connectivity index (χ1n) is 10.1. The van der Waals surface area contributed by atoms with E-state index in [2.05, 4.69) is 10.0 Å². The lowest BCUT2D eigenvalue weighted by atomic mass is 10.1. The van der Waals surface area contributed by atoms with Crippen LogP contribution >= 0.6 is 0 Å². The Balaban J connectivity index is 1.60. The molecule has 13 heteroatoms. The summed E-state index contributed by atoms with van der Waals surface area (Å²) >= 11 is 0. The van der Waals surface area contributed by atoms with Crippen LogP contribution in [0.1, 0.15) is 20.3 Å². The van der Waals surface area contributed by atoms with Crippen molar-refractivity contribution in [1.29, 1.82) is 0 Å². The molecule has 1 aromatic carbocycles. The van der Waals surface area contributed by atoms with E-state index in [-0.39, 0.29) is 22.2 Å². The molecule has 0 bridgehead atoms. The zero-order valence-electron chi connectivity index (χ0n) is 17.7. The van der Waals surface area contributed by atoms with Crippen LogP contribution in [0.15, 0.2) is 23.1 Å². The van der Waals surface area contributed by atoms with Crippen molar-refractivity contribution in [3.05, 3.63) is 18.2 Å². The van der Waals surface area contributed by atoms with E-state index in [1.54, 1.807) is 13.8 Å². The summed E-state index contributed by atoms with van der Waals surface area (Å²) in [5, 5.41) is 2.50. The molecule has 1 fully saturated rings. The SMILES string of the molecule is CC(C)C(NS(=O)(=O)c1ccc2c(c1)OCCO2)C(=O)OCC(=O)NC1CCS(=O)(=O)C1. The van der Waals surface area contributed by atoms with Gasteiger partial charge in [0, 0.05) is 12.1 Å². The van der Waals surface area contributed by atoms with Crippen LogP contribution in [0.25, 0.3) is 0 Å². The van der Waals surface area contributed by atoms with E-state index in [1.165, 1.54) is 18.2 Å². The fourth-order valence-electron chi connectivity index (χ4n) is 3.29. The monoisotopic (exact) mass is 490 g/mol. The second kappa shape index (κ2) is 9.63. The van der Waals surface area contributed by atoms with Crippen molar-refractivity contribution in [2.45, 2.75) is 37.2 Å². The number of sulfone groups is 1. The highest BCUT2D eigenvalue weighted by Gasteiger charge is 2.32. The fraction of sp³-hybridized carbons (Fsp3) is 0.579. The number of hydrogen-bond donors (Lipinski definition) is 2. The summed E-state index contributed by atoms with van der Waals surface area (Å²) in [4.78, 5) is 24.4. The number of ether oxygens (including phenoxy) is 3. The maximum Gasteiger partial charge on any atom is 0.324 e. The van der Waals surface area contributed by atoms with Gasteiger partial charge in [-0.25, -0.2) is 16.8 Å². The van der Waals surface area contributed by atoms with E-state index in [0.717, 1.165) is 0 Å². The largest absolute Gasteiger partial charge is 0.486 e. The maximum absolute atomic E-state index is 12.8. The molecule has 0 radical (unpaired) electrons. The number of benzene rings is 1. The first-order valence-corrected chi connectivity index (χ1v) is 13.4. The van der Waals surface area contributed by atoms with Crippen molar-refractivity contribution in [3.63, 3.8) is 0 Å². The van der Waals surface area contributed by atoms with Crippen molar-refractivity contribution in [2.75, 3.05) is 31.3 Å². The standard InChI is InChI=1S/C19H26N2O9S2/c1-12(2)18(19(23)30-10-17(22)20-13-5-8-31(24,25)11-13)21-32(26,27)14-3-4-15-16(9-14)29-7-6-28-15/h3-4,9,12-13,18,21H,5-8,10-11H2,1-2H3,(H,20,22). The van der Waals surface area contributed by atoms with E-state index in [4.69, 9.17) is 14.2 Å². The second-order valence-electron chi connectivity index (χ2n) is 7.92. The first-order chi connectivity index (χ1) is 15.0. The molecule has 2 aliphatic heterocycles. The number of esters is 1. The van der Waals surface area contributed by atoms with Crippen LogP contribution in [0.4, 0.5) is 0 Å². The Bertz CT molecular complexity index is 1080. The molecular weight excluding hydrogens is 464 g/mol. The average Bonchev–Trinajstić information content (AvgIpc) is 3.07. The topological polar surface area (TPSA) is 154 Å². The van der Waals surface area contributed by atoms with Gasteiger partial charge in [0.1, 0.15) is 19.3 Å². The Morgan fingerprint density at radius 3 is 2.50 bits per heavy atom. The second-order valence-corrected chi connectivity index (χ2v) is 11.9. The molecule has 2 atom stereocenters. The molecule has 11 nitrogen and oxygen atoms in total. The molecule has 178 valence electrons.